The molecule has 0 aliphatic carbocycles. The molecule has 0 aliphatic rings. The van der Waals surface area contributed by atoms with E-state index in [1.165, 1.54) is 12.1 Å². The average Bonchev–Trinajstić information content (AvgIpc) is 3.39. The topological polar surface area (TPSA) is 186 Å². The molecule has 174 valence electrons. The second kappa shape index (κ2) is 9.11. The van der Waals surface area contributed by atoms with Crippen molar-refractivity contribution < 1.29 is 14.8 Å². The molecule has 34 heavy (non-hydrogen) atoms. The summed E-state index contributed by atoms with van der Waals surface area (Å²) in [5, 5.41) is 19.4. The summed E-state index contributed by atoms with van der Waals surface area (Å²) in [6.07, 6.45) is 4.09. The smallest absolute Gasteiger partial charge is 0.300 e. The van der Waals surface area contributed by atoms with Crippen molar-refractivity contribution in [2.75, 3.05) is 6.54 Å². The van der Waals surface area contributed by atoms with Gasteiger partial charge >= 0.3 is 0 Å². The number of hydrogen-bond acceptors (Lipinski definition) is 7. The summed E-state index contributed by atoms with van der Waals surface area (Å²) in [7, 11) is 0. The van der Waals surface area contributed by atoms with Crippen molar-refractivity contribution in [1.29, 1.82) is 0 Å². The first-order valence-electron chi connectivity index (χ1n) is 10.3. The molecule has 5 rings (SSSR count). The van der Waals surface area contributed by atoms with Gasteiger partial charge in [0.2, 0.25) is 0 Å². The number of fused-ring (bicyclic) bond motifs is 3. The van der Waals surface area contributed by atoms with Gasteiger partial charge in [-0.2, -0.15) is 0 Å². The predicted molar refractivity (Wildman–Crippen MR) is 127 cm³/mol. The van der Waals surface area contributed by atoms with Crippen LogP contribution in [0.3, 0.4) is 0 Å². The molecule has 12 heteroatoms. The molecular formula is C22H21N7O5. The zero-order valence-electron chi connectivity index (χ0n) is 18.1. The highest BCUT2D eigenvalue weighted by atomic mass is 16.6. The van der Waals surface area contributed by atoms with E-state index in [0.29, 0.717) is 41.6 Å². The highest BCUT2D eigenvalue weighted by Crippen LogP contribution is 2.31. The Labute approximate surface area is 191 Å². The third-order valence-corrected chi connectivity index (χ3v) is 5.17. The van der Waals surface area contributed by atoms with Crippen LogP contribution in [0, 0.1) is 10.1 Å². The Hall–Kier alpha value is -4.58. The first-order valence-corrected chi connectivity index (χ1v) is 10.3. The molecule has 0 saturated heterocycles. The number of nitrogens with two attached hydrogens (primary N) is 1. The van der Waals surface area contributed by atoms with Gasteiger partial charge in [-0.3, -0.25) is 19.7 Å². The highest BCUT2D eigenvalue weighted by Gasteiger charge is 2.18. The van der Waals surface area contributed by atoms with E-state index in [4.69, 9.17) is 15.6 Å². The number of carboxylic acids is 1. The lowest BCUT2D eigenvalue weighted by atomic mass is 10.1. The minimum atomic E-state index is -0.833. The number of non-ortho nitro benzene ring substituents is 1. The molecule has 3 aromatic heterocycles. The van der Waals surface area contributed by atoms with Crippen LogP contribution in [0.15, 0.2) is 47.7 Å². The maximum absolute atomic E-state index is 12.9. The fourth-order valence-corrected chi connectivity index (χ4v) is 3.73. The van der Waals surface area contributed by atoms with Crippen LogP contribution >= 0.6 is 0 Å². The van der Waals surface area contributed by atoms with E-state index in [1.807, 2.05) is 16.8 Å². The van der Waals surface area contributed by atoms with Crippen molar-refractivity contribution in [2.45, 2.75) is 19.9 Å². The van der Waals surface area contributed by atoms with Crippen molar-refractivity contribution in [3.8, 4) is 11.3 Å². The lowest BCUT2D eigenvalue weighted by molar-refractivity contribution is -0.384. The van der Waals surface area contributed by atoms with Crippen molar-refractivity contribution in [3.05, 3.63) is 63.3 Å². The van der Waals surface area contributed by atoms with Gasteiger partial charge in [-0.05, 0) is 31.2 Å². The van der Waals surface area contributed by atoms with Gasteiger partial charge < -0.3 is 25.4 Å². The number of aryl methyl sites for hydroxylation is 1. The number of carbonyl (C=O) groups is 1. The summed E-state index contributed by atoms with van der Waals surface area (Å²) >= 11 is 0. The van der Waals surface area contributed by atoms with E-state index in [1.54, 1.807) is 18.5 Å². The van der Waals surface area contributed by atoms with Crippen LogP contribution in [0.25, 0.3) is 44.2 Å². The molecule has 0 spiro atoms. The summed E-state index contributed by atoms with van der Waals surface area (Å²) < 4.78 is 1.88. The number of hydrogen-bond donors (Lipinski definition) is 4. The van der Waals surface area contributed by atoms with Crippen LogP contribution in [-0.4, -0.2) is 47.0 Å². The van der Waals surface area contributed by atoms with Crippen LogP contribution in [0.4, 0.5) is 5.69 Å². The van der Waals surface area contributed by atoms with Crippen molar-refractivity contribution in [2.24, 2.45) is 5.73 Å². The first-order chi connectivity index (χ1) is 16.3. The minimum Gasteiger partial charge on any atom is -0.481 e. The lowest BCUT2D eigenvalue weighted by Crippen LogP contribution is -2.11. The van der Waals surface area contributed by atoms with Gasteiger partial charge in [-0.1, -0.05) is 0 Å². The van der Waals surface area contributed by atoms with Crippen LogP contribution < -0.4 is 11.3 Å². The Kier molecular flexibility index (Phi) is 6.06. The number of benzene rings is 2. The molecule has 5 N–H and O–H groups in total. The van der Waals surface area contributed by atoms with E-state index < -0.39 is 10.9 Å². The second-order valence-corrected chi connectivity index (χ2v) is 7.56. The number of nitrogens with one attached hydrogen (secondary N) is 2. The monoisotopic (exact) mass is 463 g/mol. The number of carboxylic acid groups (broad SMARTS) is 1. The summed E-state index contributed by atoms with van der Waals surface area (Å²) in [5.41, 5.74) is 9.58. The van der Waals surface area contributed by atoms with Gasteiger partial charge in [0, 0.05) is 42.7 Å². The van der Waals surface area contributed by atoms with Crippen molar-refractivity contribution >= 4 is 44.6 Å². The van der Waals surface area contributed by atoms with Crippen LogP contribution in [0.5, 0.6) is 0 Å². The van der Waals surface area contributed by atoms with Crippen molar-refractivity contribution in [1.82, 2.24) is 24.5 Å². The Bertz CT molecular complexity index is 1590. The number of aromatic nitrogens is 5. The van der Waals surface area contributed by atoms with Crippen LogP contribution in [0.1, 0.15) is 13.3 Å². The fourth-order valence-electron chi connectivity index (χ4n) is 3.73. The number of rotatable bonds is 5. The molecule has 0 unspecified atom stereocenters. The van der Waals surface area contributed by atoms with Gasteiger partial charge in [0.1, 0.15) is 5.69 Å². The predicted octanol–water partition coefficient (Wildman–Crippen LogP) is 2.77. The third-order valence-electron chi connectivity index (χ3n) is 5.17. The normalized spacial score (nSPS) is 11.0. The lowest BCUT2D eigenvalue weighted by Gasteiger charge is -2.03. The molecule has 0 amide bonds. The quantitative estimate of drug-likeness (QED) is 0.226. The molecular weight excluding hydrogens is 442 g/mol. The molecule has 12 nitrogen and oxygen atoms in total. The minimum absolute atomic E-state index is 0.0110. The zero-order valence-corrected chi connectivity index (χ0v) is 18.1. The SMILES string of the molecule is CC(=O)O.NCCCn1cc(-c2nc3cc4[nH]cnc4cc3[nH]c2=O)c2ccc([N+](=O)[O-])cc21. The molecule has 0 aliphatic heterocycles. The Morgan fingerprint density at radius 2 is 1.97 bits per heavy atom. The number of H-pyrrole nitrogens is 2. The standard InChI is InChI=1S/C20H17N7O3.C2H4O2/c21-4-1-5-26-9-13(12-3-2-11(27(29)30)6-18(12)26)19-20(28)25-17-8-15-14(22-10-23-15)7-16(17)24-19;1-2(3)4/h2-3,6-10H,1,4-5,21H2,(H,22,23)(H,25,28);1H3,(H,3,4). The maximum Gasteiger partial charge on any atom is 0.300 e. The number of nitrogens with zero attached hydrogens (tertiary/aromatic N) is 4. The highest BCUT2D eigenvalue weighted by molar-refractivity contribution is 5.98. The van der Waals surface area contributed by atoms with E-state index >= 15 is 0 Å². The average molecular weight is 463 g/mol. The van der Waals surface area contributed by atoms with Gasteiger partial charge in [-0.25, -0.2) is 9.97 Å². The molecule has 0 saturated carbocycles. The van der Waals surface area contributed by atoms with Gasteiger partial charge in [0.05, 0.1) is 38.8 Å². The van der Waals surface area contributed by atoms with E-state index in [-0.39, 0.29) is 16.9 Å². The van der Waals surface area contributed by atoms with E-state index in [9.17, 15) is 14.9 Å². The summed E-state index contributed by atoms with van der Waals surface area (Å²) in [6.45, 7) is 2.15. The fraction of sp³-hybridized carbons (Fsp3) is 0.182. The Balaban J connectivity index is 0.000000636. The number of aliphatic carboxylic acids is 1. The van der Waals surface area contributed by atoms with E-state index in [0.717, 1.165) is 23.3 Å². The number of nitro benzene ring substituents is 1. The zero-order chi connectivity index (χ0) is 24.4. The molecule has 0 radical (unpaired) electrons. The number of imidazole rings is 1. The van der Waals surface area contributed by atoms with Crippen LogP contribution in [-0.2, 0) is 11.3 Å². The molecule has 0 bridgehead atoms. The maximum atomic E-state index is 12.9. The van der Waals surface area contributed by atoms with Crippen LogP contribution in [0.2, 0.25) is 0 Å². The molecule has 3 heterocycles. The summed E-state index contributed by atoms with van der Waals surface area (Å²) in [4.78, 5) is 47.4. The van der Waals surface area contributed by atoms with Gasteiger partial charge in [0.15, 0.2) is 0 Å². The third kappa shape index (κ3) is 4.34. The summed E-state index contributed by atoms with van der Waals surface area (Å²) in [6, 6.07) is 8.20. The summed E-state index contributed by atoms with van der Waals surface area (Å²) in [5.74, 6) is -0.833. The van der Waals surface area contributed by atoms with E-state index in [2.05, 4.69) is 19.9 Å². The molecule has 0 fully saturated rings. The largest absolute Gasteiger partial charge is 0.481 e. The Morgan fingerprint density at radius 1 is 1.24 bits per heavy atom. The van der Waals surface area contributed by atoms with Gasteiger partial charge in [0.25, 0.3) is 17.2 Å². The molecule has 5 aromatic rings. The molecule has 0 atom stereocenters. The number of nitro groups is 1. The number of aromatic amines is 2. The van der Waals surface area contributed by atoms with Gasteiger partial charge in [-0.15, -0.1) is 0 Å². The molecule has 2 aromatic carbocycles. The first kappa shape index (κ1) is 22.6. The van der Waals surface area contributed by atoms with Crippen molar-refractivity contribution in [3.63, 3.8) is 0 Å². The Morgan fingerprint density at radius 3 is 2.68 bits per heavy atom. The second-order valence-electron chi connectivity index (χ2n) is 7.56.